The Labute approximate surface area is 91.0 Å². The SMILES string of the molecule is CCCCCCCCN1CC(=O)NC1=O. The molecule has 1 rings (SSSR count). The van der Waals surface area contributed by atoms with Crippen LogP contribution in [0.25, 0.3) is 0 Å². The third-order valence-corrected chi connectivity index (χ3v) is 2.65. The lowest BCUT2D eigenvalue weighted by Crippen LogP contribution is -2.29. The van der Waals surface area contributed by atoms with Gasteiger partial charge in [0.15, 0.2) is 0 Å². The second kappa shape index (κ2) is 6.43. The molecule has 15 heavy (non-hydrogen) atoms. The summed E-state index contributed by atoms with van der Waals surface area (Å²) in [6.07, 6.45) is 7.22. The van der Waals surface area contributed by atoms with Crippen molar-refractivity contribution in [3.8, 4) is 0 Å². The van der Waals surface area contributed by atoms with Gasteiger partial charge in [-0.3, -0.25) is 10.1 Å². The third kappa shape index (κ3) is 4.32. The molecule has 0 aromatic heterocycles. The zero-order valence-electron chi connectivity index (χ0n) is 9.42. The van der Waals surface area contributed by atoms with E-state index in [2.05, 4.69) is 12.2 Å². The highest BCUT2D eigenvalue weighted by Crippen LogP contribution is 2.07. The molecule has 4 heteroatoms. The second-order valence-electron chi connectivity index (χ2n) is 4.04. The molecule has 0 saturated carbocycles. The molecule has 0 aromatic rings. The van der Waals surface area contributed by atoms with E-state index in [1.807, 2.05) is 0 Å². The smallest absolute Gasteiger partial charge is 0.315 e. The molecule has 86 valence electrons. The lowest BCUT2D eigenvalue weighted by atomic mass is 10.1. The van der Waals surface area contributed by atoms with Crippen LogP contribution in [0, 0.1) is 0 Å². The van der Waals surface area contributed by atoms with E-state index in [1.54, 1.807) is 4.90 Å². The molecule has 1 heterocycles. The highest BCUT2D eigenvalue weighted by Gasteiger charge is 2.25. The van der Waals surface area contributed by atoms with Gasteiger partial charge >= 0.3 is 6.03 Å². The van der Waals surface area contributed by atoms with Crippen molar-refractivity contribution in [3.05, 3.63) is 0 Å². The van der Waals surface area contributed by atoms with Crippen molar-refractivity contribution in [1.82, 2.24) is 10.2 Å². The van der Waals surface area contributed by atoms with Crippen molar-refractivity contribution in [3.63, 3.8) is 0 Å². The Morgan fingerprint density at radius 3 is 2.40 bits per heavy atom. The zero-order valence-corrected chi connectivity index (χ0v) is 9.42. The number of hydrogen-bond donors (Lipinski definition) is 1. The number of hydrogen-bond acceptors (Lipinski definition) is 2. The van der Waals surface area contributed by atoms with Crippen molar-refractivity contribution < 1.29 is 9.59 Å². The van der Waals surface area contributed by atoms with Gasteiger partial charge in [-0.05, 0) is 6.42 Å². The molecule has 0 spiro atoms. The first-order valence-electron chi connectivity index (χ1n) is 5.82. The van der Waals surface area contributed by atoms with Gasteiger partial charge in [0.25, 0.3) is 0 Å². The van der Waals surface area contributed by atoms with Crippen LogP contribution in [0.1, 0.15) is 45.4 Å². The Hall–Kier alpha value is -1.06. The van der Waals surface area contributed by atoms with Crippen molar-refractivity contribution in [2.45, 2.75) is 45.4 Å². The van der Waals surface area contributed by atoms with Crippen LogP contribution < -0.4 is 5.32 Å². The summed E-state index contributed by atoms with van der Waals surface area (Å²) in [5.41, 5.74) is 0. The highest BCUT2D eigenvalue weighted by molar-refractivity contribution is 6.01. The second-order valence-corrected chi connectivity index (χ2v) is 4.04. The molecule has 1 aliphatic heterocycles. The summed E-state index contributed by atoms with van der Waals surface area (Å²) in [6, 6.07) is -0.228. The highest BCUT2D eigenvalue weighted by atomic mass is 16.2. The fourth-order valence-corrected chi connectivity index (χ4v) is 1.75. The van der Waals surface area contributed by atoms with Crippen LogP contribution in [-0.2, 0) is 4.79 Å². The number of urea groups is 1. The minimum Gasteiger partial charge on any atom is -0.315 e. The van der Waals surface area contributed by atoms with Crippen LogP contribution in [0.3, 0.4) is 0 Å². The van der Waals surface area contributed by atoms with Crippen molar-refractivity contribution in [2.24, 2.45) is 0 Å². The minimum atomic E-state index is -0.228. The third-order valence-electron chi connectivity index (χ3n) is 2.65. The lowest BCUT2D eigenvalue weighted by Gasteiger charge is -2.12. The number of rotatable bonds is 7. The van der Waals surface area contributed by atoms with E-state index >= 15 is 0 Å². The summed E-state index contributed by atoms with van der Waals surface area (Å²) in [5, 5.41) is 2.28. The Morgan fingerprint density at radius 2 is 1.80 bits per heavy atom. The predicted molar refractivity (Wildman–Crippen MR) is 58.5 cm³/mol. The Morgan fingerprint density at radius 1 is 1.13 bits per heavy atom. The summed E-state index contributed by atoms with van der Waals surface area (Å²) in [7, 11) is 0. The van der Waals surface area contributed by atoms with E-state index in [-0.39, 0.29) is 18.5 Å². The number of carbonyl (C=O) groups excluding carboxylic acids is 2. The van der Waals surface area contributed by atoms with E-state index in [9.17, 15) is 9.59 Å². The van der Waals surface area contributed by atoms with Crippen molar-refractivity contribution in [2.75, 3.05) is 13.1 Å². The molecule has 1 fully saturated rings. The van der Waals surface area contributed by atoms with Gasteiger partial charge in [-0.25, -0.2) is 4.79 Å². The zero-order chi connectivity index (χ0) is 11.1. The Kier molecular flexibility index (Phi) is 5.15. The van der Waals surface area contributed by atoms with Crippen LogP contribution in [0.5, 0.6) is 0 Å². The lowest BCUT2D eigenvalue weighted by molar-refractivity contribution is -0.118. The molecule has 3 amide bonds. The van der Waals surface area contributed by atoms with Crippen LogP contribution in [0.15, 0.2) is 0 Å². The summed E-state index contributed by atoms with van der Waals surface area (Å²) in [5.74, 6) is -0.175. The minimum absolute atomic E-state index is 0.175. The van der Waals surface area contributed by atoms with E-state index < -0.39 is 0 Å². The standard InChI is InChI=1S/C11H20N2O2/c1-2-3-4-5-6-7-8-13-9-10(14)12-11(13)15/h2-9H2,1H3,(H,12,14,15). The molecule has 4 nitrogen and oxygen atoms in total. The maximum Gasteiger partial charge on any atom is 0.324 e. The molecular weight excluding hydrogens is 192 g/mol. The molecule has 0 unspecified atom stereocenters. The van der Waals surface area contributed by atoms with Gasteiger partial charge in [0.05, 0.1) is 0 Å². The van der Waals surface area contributed by atoms with Crippen LogP contribution in [0.2, 0.25) is 0 Å². The number of unbranched alkanes of at least 4 members (excludes halogenated alkanes) is 5. The van der Waals surface area contributed by atoms with Gasteiger partial charge in [0.2, 0.25) is 5.91 Å². The van der Waals surface area contributed by atoms with Crippen molar-refractivity contribution in [1.29, 1.82) is 0 Å². The number of imide groups is 1. The average molecular weight is 212 g/mol. The van der Waals surface area contributed by atoms with Gasteiger partial charge in [0.1, 0.15) is 6.54 Å². The number of nitrogens with zero attached hydrogens (tertiary/aromatic N) is 1. The molecule has 0 bridgehead atoms. The summed E-state index contributed by atoms with van der Waals surface area (Å²) < 4.78 is 0. The number of nitrogens with one attached hydrogen (secondary N) is 1. The fraction of sp³-hybridized carbons (Fsp3) is 0.818. The van der Waals surface area contributed by atoms with Crippen LogP contribution in [0.4, 0.5) is 4.79 Å². The molecule has 0 radical (unpaired) electrons. The summed E-state index contributed by atoms with van der Waals surface area (Å²) in [4.78, 5) is 23.6. The molecule has 1 N–H and O–H groups in total. The predicted octanol–water partition coefficient (Wildman–Crippen LogP) is 1.90. The van der Waals surface area contributed by atoms with Gasteiger partial charge in [-0.15, -0.1) is 0 Å². The average Bonchev–Trinajstić information content (AvgIpc) is 2.51. The first-order chi connectivity index (χ1) is 7.24. The van der Waals surface area contributed by atoms with Gasteiger partial charge in [-0.1, -0.05) is 39.0 Å². The van der Waals surface area contributed by atoms with E-state index in [4.69, 9.17) is 0 Å². The molecule has 0 aromatic carbocycles. The number of amides is 3. The molecule has 0 atom stereocenters. The largest absolute Gasteiger partial charge is 0.324 e. The van der Waals surface area contributed by atoms with E-state index in [0.717, 1.165) is 12.8 Å². The molecule has 1 aliphatic rings. The molecule has 1 saturated heterocycles. The summed E-state index contributed by atoms with van der Waals surface area (Å²) >= 11 is 0. The molecule has 0 aliphatic carbocycles. The Bertz CT molecular complexity index is 229. The van der Waals surface area contributed by atoms with Crippen LogP contribution in [-0.4, -0.2) is 29.9 Å². The fourth-order valence-electron chi connectivity index (χ4n) is 1.75. The molecular formula is C11H20N2O2. The van der Waals surface area contributed by atoms with Gasteiger partial charge in [0, 0.05) is 6.54 Å². The topological polar surface area (TPSA) is 49.4 Å². The van der Waals surface area contributed by atoms with Crippen molar-refractivity contribution >= 4 is 11.9 Å². The van der Waals surface area contributed by atoms with E-state index in [1.165, 1.54) is 25.7 Å². The summed E-state index contributed by atoms with van der Waals surface area (Å²) in [6.45, 7) is 3.15. The first-order valence-corrected chi connectivity index (χ1v) is 5.82. The maximum absolute atomic E-state index is 11.1. The number of carbonyl (C=O) groups is 2. The monoisotopic (exact) mass is 212 g/mol. The van der Waals surface area contributed by atoms with E-state index in [0.29, 0.717) is 6.54 Å². The first kappa shape index (κ1) is 12.0. The maximum atomic E-state index is 11.1. The van der Waals surface area contributed by atoms with Gasteiger partial charge in [-0.2, -0.15) is 0 Å². The quantitative estimate of drug-likeness (QED) is 0.517. The normalized spacial score (nSPS) is 15.9. The Balaban J connectivity index is 2.00. The van der Waals surface area contributed by atoms with Crippen LogP contribution >= 0.6 is 0 Å². The van der Waals surface area contributed by atoms with Gasteiger partial charge < -0.3 is 4.90 Å².